The van der Waals surface area contributed by atoms with Crippen molar-refractivity contribution in [2.24, 2.45) is 0 Å². The minimum Gasteiger partial charge on any atom is -0.772 e. The van der Waals surface area contributed by atoms with Gasteiger partial charge in [-0.3, -0.25) is 4.21 Å². The molecule has 0 amide bonds. The zero-order valence-corrected chi connectivity index (χ0v) is 6.16. The number of hydrogen-bond donors (Lipinski definition) is 0. The molecule has 2 nitrogen and oxygen atoms in total. The van der Waals surface area contributed by atoms with Crippen LogP contribution in [-0.4, -0.2) is 14.5 Å². The highest BCUT2D eigenvalue weighted by molar-refractivity contribution is 7.79. The summed E-state index contributed by atoms with van der Waals surface area (Å²) in [6, 6.07) is 0. The van der Waals surface area contributed by atoms with Gasteiger partial charge in [0.25, 0.3) is 0 Å². The molecule has 0 aromatic rings. The Morgan fingerprint density at radius 1 is 1.56 bits per heavy atom. The standard InChI is InChI=1S/C6H10O2S/c1-2-3-4-5-6-9(7)8/h2-3,6H2,1H3,(H,7,8)/p-1. The lowest BCUT2D eigenvalue weighted by atomic mass is 10.3. The van der Waals surface area contributed by atoms with Crippen molar-refractivity contribution in [1.82, 2.24) is 0 Å². The third kappa shape index (κ3) is 7.67. The number of unbranched alkanes of at least 4 members (excludes halogenated alkanes) is 1. The summed E-state index contributed by atoms with van der Waals surface area (Å²) in [5.74, 6) is 5.22. The summed E-state index contributed by atoms with van der Waals surface area (Å²) in [7, 11) is 0. The molecule has 0 radical (unpaired) electrons. The Bertz CT molecular complexity index is 143. The molecule has 0 aromatic carbocycles. The molecule has 0 heterocycles. The van der Waals surface area contributed by atoms with E-state index in [0.717, 1.165) is 12.8 Å². The van der Waals surface area contributed by atoms with Crippen molar-refractivity contribution in [3.05, 3.63) is 0 Å². The van der Waals surface area contributed by atoms with Crippen molar-refractivity contribution in [2.45, 2.75) is 19.8 Å². The van der Waals surface area contributed by atoms with Crippen LogP contribution >= 0.6 is 0 Å². The minimum absolute atomic E-state index is 0.0278. The first kappa shape index (κ1) is 8.67. The first-order valence-corrected chi connectivity index (χ1v) is 4.03. The molecule has 0 N–H and O–H groups in total. The SMILES string of the molecule is CCCC#CCS(=O)[O-]. The summed E-state index contributed by atoms with van der Waals surface area (Å²) in [5, 5.41) is 0. The van der Waals surface area contributed by atoms with Crippen LogP contribution in [0.25, 0.3) is 0 Å². The fraction of sp³-hybridized carbons (Fsp3) is 0.667. The maximum absolute atomic E-state index is 9.86. The van der Waals surface area contributed by atoms with Crippen molar-refractivity contribution >= 4 is 11.1 Å². The monoisotopic (exact) mass is 145 g/mol. The van der Waals surface area contributed by atoms with Gasteiger partial charge < -0.3 is 4.55 Å². The van der Waals surface area contributed by atoms with E-state index < -0.39 is 11.1 Å². The number of hydrogen-bond acceptors (Lipinski definition) is 2. The summed E-state index contributed by atoms with van der Waals surface area (Å²) in [6.07, 6.45) is 1.77. The van der Waals surface area contributed by atoms with E-state index >= 15 is 0 Å². The van der Waals surface area contributed by atoms with Crippen LogP contribution in [0, 0.1) is 11.8 Å². The van der Waals surface area contributed by atoms with Gasteiger partial charge in [-0.1, -0.05) is 12.8 Å². The summed E-state index contributed by atoms with van der Waals surface area (Å²) >= 11 is -1.99. The molecule has 0 aliphatic carbocycles. The van der Waals surface area contributed by atoms with Crippen LogP contribution < -0.4 is 0 Å². The molecule has 0 saturated heterocycles. The number of rotatable bonds is 2. The molecule has 0 bridgehead atoms. The molecule has 0 aliphatic heterocycles. The summed E-state index contributed by atoms with van der Waals surface area (Å²) in [6.45, 7) is 2.00. The van der Waals surface area contributed by atoms with Crippen LogP contribution in [0.4, 0.5) is 0 Å². The third-order valence-corrected chi connectivity index (χ3v) is 1.07. The highest BCUT2D eigenvalue weighted by Gasteiger charge is 1.73. The van der Waals surface area contributed by atoms with Gasteiger partial charge >= 0.3 is 0 Å². The molecule has 1 unspecified atom stereocenters. The Balaban J connectivity index is 3.26. The Hall–Kier alpha value is -0.330. The van der Waals surface area contributed by atoms with Crippen LogP contribution in [0.5, 0.6) is 0 Å². The Morgan fingerprint density at radius 2 is 2.22 bits per heavy atom. The van der Waals surface area contributed by atoms with E-state index in [4.69, 9.17) is 0 Å². The van der Waals surface area contributed by atoms with Gasteiger partial charge in [0.2, 0.25) is 0 Å². The quantitative estimate of drug-likeness (QED) is 0.423. The predicted molar refractivity (Wildman–Crippen MR) is 36.5 cm³/mol. The Labute approximate surface area is 57.9 Å². The molecule has 3 heteroatoms. The van der Waals surface area contributed by atoms with Crippen molar-refractivity contribution in [1.29, 1.82) is 0 Å². The lowest BCUT2D eigenvalue weighted by Crippen LogP contribution is -1.89. The maximum Gasteiger partial charge on any atom is 0.0715 e. The van der Waals surface area contributed by atoms with Crippen LogP contribution in [0.15, 0.2) is 0 Å². The second kappa shape index (κ2) is 5.80. The summed E-state index contributed by atoms with van der Waals surface area (Å²) < 4.78 is 19.7. The average molecular weight is 145 g/mol. The van der Waals surface area contributed by atoms with E-state index in [9.17, 15) is 8.76 Å². The zero-order valence-electron chi connectivity index (χ0n) is 5.35. The Kier molecular flexibility index (Phi) is 5.59. The minimum atomic E-state index is -1.99. The van der Waals surface area contributed by atoms with E-state index in [1.54, 1.807) is 0 Å². The third-order valence-electron chi connectivity index (χ3n) is 0.690. The maximum atomic E-state index is 9.86. The molecule has 0 aromatic heterocycles. The van der Waals surface area contributed by atoms with Gasteiger partial charge in [-0.2, -0.15) is 0 Å². The van der Waals surface area contributed by atoms with Crippen LogP contribution in [0.1, 0.15) is 19.8 Å². The molecular weight excluding hydrogens is 136 g/mol. The van der Waals surface area contributed by atoms with Gasteiger partial charge in [-0.05, 0) is 17.5 Å². The van der Waals surface area contributed by atoms with Gasteiger partial charge in [0.15, 0.2) is 0 Å². The van der Waals surface area contributed by atoms with Gasteiger partial charge in [0.05, 0.1) is 5.75 Å². The molecular formula is C6H9O2S-. The lowest BCUT2D eigenvalue weighted by molar-refractivity contribution is 0.540. The first-order chi connectivity index (χ1) is 4.27. The highest BCUT2D eigenvalue weighted by atomic mass is 32.2. The average Bonchev–Trinajstić information content (AvgIpc) is 1.80. The fourth-order valence-electron chi connectivity index (χ4n) is 0.323. The topological polar surface area (TPSA) is 40.1 Å². The van der Waals surface area contributed by atoms with Crippen molar-refractivity contribution in [2.75, 3.05) is 5.75 Å². The first-order valence-electron chi connectivity index (χ1n) is 2.79. The van der Waals surface area contributed by atoms with Gasteiger partial charge in [-0.15, -0.1) is 5.92 Å². The lowest BCUT2D eigenvalue weighted by Gasteiger charge is -1.94. The summed E-state index contributed by atoms with van der Waals surface area (Å²) in [5.41, 5.74) is 0. The zero-order chi connectivity index (χ0) is 7.11. The largest absolute Gasteiger partial charge is 0.772 e. The molecule has 0 aliphatic rings. The Morgan fingerprint density at radius 3 is 2.67 bits per heavy atom. The molecule has 0 spiro atoms. The van der Waals surface area contributed by atoms with E-state index in [1.165, 1.54) is 0 Å². The molecule has 0 rings (SSSR count). The van der Waals surface area contributed by atoms with Crippen molar-refractivity contribution < 1.29 is 8.76 Å². The molecule has 1 atom stereocenters. The van der Waals surface area contributed by atoms with Gasteiger partial charge in [0, 0.05) is 6.42 Å². The second-order valence-electron chi connectivity index (χ2n) is 1.55. The molecule has 0 fully saturated rings. The smallest absolute Gasteiger partial charge is 0.0715 e. The molecule has 0 saturated carbocycles. The highest BCUT2D eigenvalue weighted by Crippen LogP contribution is 1.80. The normalized spacial score (nSPS) is 11.8. The van der Waals surface area contributed by atoms with E-state index in [0.29, 0.717) is 0 Å². The van der Waals surface area contributed by atoms with Crippen LogP contribution in [0.3, 0.4) is 0 Å². The van der Waals surface area contributed by atoms with E-state index in [-0.39, 0.29) is 5.75 Å². The van der Waals surface area contributed by atoms with E-state index in [1.807, 2.05) is 6.92 Å². The van der Waals surface area contributed by atoms with E-state index in [2.05, 4.69) is 11.8 Å². The second-order valence-corrected chi connectivity index (χ2v) is 2.45. The van der Waals surface area contributed by atoms with Crippen LogP contribution in [-0.2, 0) is 11.1 Å². The molecule has 52 valence electrons. The molecule has 9 heavy (non-hydrogen) atoms. The predicted octanol–water partition coefficient (Wildman–Crippen LogP) is 0.669. The van der Waals surface area contributed by atoms with Crippen molar-refractivity contribution in [3.8, 4) is 11.8 Å². The van der Waals surface area contributed by atoms with Crippen molar-refractivity contribution in [3.63, 3.8) is 0 Å². The summed E-state index contributed by atoms with van der Waals surface area (Å²) in [4.78, 5) is 0. The van der Waals surface area contributed by atoms with Crippen LogP contribution in [0.2, 0.25) is 0 Å². The van der Waals surface area contributed by atoms with Gasteiger partial charge in [0.1, 0.15) is 0 Å². The van der Waals surface area contributed by atoms with Gasteiger partial charge in [-0.25, -0.2) is 0 Å². The fourth-order valence-corrected chi connectivity index (χ4v) is 0.543.